The summed E-state index contributed by atoms with van der Waals surface area (Å²) in [4.78, 5) is 0. The van der Waals surface area contributed by atoms with Gasteiger partial charge in [0.15, 0.2) is 5.82 Å². The first-order valence-corrected chi connectivity index (χ1v) is 3.41. The fraction of sp³-hybridized carbons (Fsp3) is 0.500. The number of hydrogen-bond donors (Lipinski definition) is 1. The summed E-state index contributed by atoms with van der Waals surface area (Å²) in [6.07, 6.45) is 2.16. The Hall–Kier alpha value is -0.940. The molecule has 1 saturated heterocycles. The number of nitrogens with one attached hydrogen (secondary N) is 1. The van der Waals surface area contributed by atoms with E-state index in [1.807, 2.05) is 0 Å². The van der Waals surface area contributed by atoms with Gasteiger partial charge in [-0.15, -0.1) is 0 Å². The maximum absolute atomic E-state index is 12.4. The van der Waals surface area contributed by atoms with Gasteiger partial charge in [-0.1, -0.05) is 0 Å². The summed E-state index contributed by atoms with van der Waals surface area (Å²) in [5.41, 5.74) is 0. The topological polar surface area (TPSA) is 39.1 Å². The van der Waals surface area contributed by atoms with Crippen molar-refractivity contribution in [2.24, 2.45) is 0 Å². The van der Waals surface area contributed by atoms with Gasteiger partial charge in [0.1, 0.15) is 0 Å². The maximum atomic E-state index is 12.4. The number of halogens is 1. The van der Waals surface area contributed by atoms with E-state index < -0.39 is 0 Å². The van der Waals surface area contributed by atoms with Gasteiger partial charge in [0.2, 0.25) is 6.35 Å². The predicted molar refractivity (Wildman–Crippen MR) is 35.2 cm³/mol. The van der Waals surface area contributed by atoms with Gasteiger partial charge < -0.3 is 4.74 Å². The van der Waals surface area contributed by atoms with Crippen molar-refractivity contribution in [3.8, 4) is 0 Å². The van der Waals surface area contributed by atoms with Crippen molar-refractivity contribution in [3.05, 3.63) is 18.2 Å². The van der Waals surface area contributed by atoms with Crippen molar-refractivity contribution in [1.29, 1.82) is 0 Å². The second-order valence-electron chi connectivity index (χ2n) is 2.32. The molecule has 0 aliphatic carbocycles. The third-order valence-corrected chi connectivity index (χ3v) is 1.51. The van der Waals surface area contributed by atoms with Crippen LogP contribution in [0, 0.1) is 5.82 Å². The third-order valence-electron chi connectivity index (χ3n) is 1.51. The van der Waals surface area contributed by atoms with Gasteiger partial charge in [0, 0.05) is 6.54 Å². The molecule has 1 atom stereocenters. The van der Waals surface area contributed by atoms with Gasteiger partial charge in [-0.25, -0.2) is 9.07 Å². The number of aromatic nitrogens is 2. The molecule has 11 heavy (non-hydrogen) atoms. The molecule has 5 heteroatoms. The Morgan fingerprint density at radius 2 is 2.73 bits per heavy atom. The van der Waals surface area contributed by atoms with E-state index in [1.165, 1.54) is 10.9 Å². The molecule has 60 valence electrons. The van der Waals surface area contributed by atoms with Crippen molar-refractivity contribution in [3.63, 3.8) is 0 Å². The SMILES string of the molecule is Fc1cnn(C2NCCO2)c1. The normalized spacial score (nSPS) is 24.3. The van der Waals surface area contributed by atoms with E-state index in [1.54, 1.807) is 0 Å². The highest BCUT2D eigenvalue weighted by atomic mass is 19.1. The highest BCUT2D eigenvalue weighted by molar-refractivity contribution is 4.85. The lowest BCUT2D eigenvalue weighted by atomic mass is 10.7. The zero-order valence-electron chi connectivity index (χ0n) is 5.83. The van der Waals surface area contributed by atoms with Crippen LogP contribution in [-0.4, -0.2) is 22.9 Å². The van der Waals surface area contributed by atoms with E-state index in [2.05, 4.69) is 10.4 Å². The van der Waals surface area contributed by atoms with Crippen molar-refractivity contribution in [2.75, 3.05) is 13.2 Å². The van der Waals surface area contributed by atoms with Crippen LogP contribution in [0.3, 0.4) is 0 Å². The average molecular weight is 157 g/mol. The molecular formula is C6H8FN3O. The van der Waals surface area contributed by atoms with E-state index in [0.29, 0.717) is 6.61 Å². The Morgan fingerprint density at radius 1 is 1.82 bits per heavy atom. The lowest BCUT2D eigenvalue weighted by molar-refractivity contribution is 0.0341. The van der Waals surface area contributed by atoms with E-state index in [-0.39, 0.29) is 12.2 Å². The summed E-state index contributed by atoms with van der Waals surface area (Å²) in [5.74, 6) is -0.345. The second kappa shape index (κ2) is 2.60. The molecule has 0 amide bonds. The second-order valence-corrected chi connectivity index (χ2v) is 2.32. The Kier molecular flexibility index (Phi) is 1.59. The lowest BCUT2D eigenvalue weighted by Crippen LogP contribution is -2.21. The number of ether oxygens (including phenoxy) is 1. The molecule has 4 nitrogen and oxygen atoms in total. The summed E-state index contributed by atoms with van der Waals surface area (Å²) < 4.78 is 19.0. The third kappa shape index (κ3) is 1.24. The first kappa shape index (κ1) is 6.75. The van der Waals surface area contributed by atoms with Gasteiger partial charge in [0.25, 0.3) is 0 Å². The standard InChI is InChI=1S/C6H8FN3O/c7-5-3-9-10(4-5)6-8-1-2-11-6/h3-4,6,8H,1-2H2. The van der Waals surface area contributed by atoms with Crippen LogP contribution in [0.1, 0.15) is 6.35 Å². The first-order chi connectivity index (χ1) is 5.36. The molecule has 1 aliphatic rings. The predicted octanol–water partition coefficient (Wildman–Crippen LogP) is 0.0981. The molecule has 0 bridgehead atoms. The van der Waals surface area contributed by atoms with Crippen LogP contribution >= 0.6 is 0 Å². The minimum absolute atomic E-state index is 0.292. The monoisotopic (exact) mass is 157 g/mol. The van der Waals surface area contributed by atoms with Gasteiger partial charge in [-0.3, -0.25) is 5.32 Å². The Bertz CT molecular complexity index is 244. The van der Waals surface area contributed by atoms with Crippen molar-refractivity contribution in [1.82, 2.24) is 15.1 Å². The summed E-state index contributed by atoms with van der Waals surface area (Å²) >= 11 is 0. The van der Waals surface area contributed by atoms with Crippen LogP contribution in [0.15, 0.2) is 12.4 Å². The fourth-order valence-electron chi connectivity index (χ4n) is 1.02. The van der Waals surface area contributed by atoms with Crippen LogP contribution in [0.25, 0.3) is 0 Å². The van der Waals surface area contributed by atoms with Gasteiger partial charge in [-0.2, -0.15) is 5.10 Å². The van der Waals surface area contributed by atoms with E-state index in [0.717, 1.165) is 12.7 Å². The van der Waals surface area contributed by atoms with Gasteiger partial charge in [-0.05, 0) is 0 Å². The quantitative estimate of drug-likeness (QED) is 0.628. The summed E-state index contributed by atoms with van der Waals surface area (Å²) in [7, 11) is 0. The molecule has 0 radical (unpaired) electrons. The van der Waals surface area contributed by atoms with E-state index in [4.69, 9.17) is 4.74 Å². The number of rotatable bonds is 1. The van der Waals surface area contributed by atoms with Crippen LogP contribution in [-0.2, 0) is 4.74 Å². The first-order valence-electron chi connectivity index (χ1n) is 3.41. The Balaban J connectivity index is 2.15. The fourth-order valence-corrected chi connectivity index (χ4v) is 1.02. The van der Waals surface area contributed by atoms with Crippen LogP contribution in [0.5, 0.6) is 0 Å². The minimum atomic E-state index is -0.345. The molecule has 0 saturated carbocycles. The molecule has 1 aromatic heterocycles. The highest BCUT2D eigenvalue weighted by Gasteiger charge is 2.16. The molecule has 0 aromatic carbocycles. The molecule has 2 rings (SSSR count). The number of hydrogen-bond acceptors (Lipinski definition) is 3. The largest absolute Gasteiger partial charge is 0.342 e. The molecular weight excluding hydrogens is 149 g/mol. The molecule has 1 fully saturated rings. The summed E-state index contributed by atoms with van der Waals surface area (Å²) in [6.45, 7) is 1.43. The highest BCUT2D eigenvalue weighted by Crippen LogP contribution is 2.08. The molecule has 1 unspecified atom stereocenters. The van der Waals surface area contributed by atoms with Crippen molar-refractivity contribution in [2.45, 2.75) is 6.35 Å². The van der Waals surface area contributed by atoms with Gasteiger partial charge in [0.05, 0.1) is 19.0 Å². The lowest BCUT2D eigenvalue weighted by Gasteiger charge is -2.08. The molecule has 1 aromatic rings. The molecule has 2 heterocycles. The molecule has 0 spiro atoms. The van der Waals surface area contributed by atoms with E-state index in [9.17, 15) is 4.39 Å². The van der Waals surface area contributed by atoms with Gasteiger partial charge >= 0.3 is 0 Å². The molecule has 1 aliphatic heterocycles. The van der Waals surface area contributed by atoms with Crippen LogP contribution in [0.2, 0.25) is 0 Å². The zero-order valence-corrected chi connectivity index (χ0v) is 5.83. The molecule has 1 N–H and O–H groups in total. The Labute approximate surface area is 63.0 Å². The smallest absolute Gasteiger partial charge is 0.206 e. The average Bonchev–Trinajstić information content (AvgIpc) is 2.55. The summed E-state index contributed by atoms with van der Waals surface area (Å²) in [5, 5.41) is 6.75. The summed E-state index contributed by atoms with van der Waals surface area (Å²) in [6, 6.07) is 0. The number of nitrogens with zero attached hydrogens (tertiary/aromatic N) is 2. The minimum Gasteiger partial charge on any atom is -0.342 e. The zero-order chi connectivity index (χ0) is 7.68. The van der Waals surface area contributed by atoms with Crippen LogP contribution in [0.4, 0.5) is 4.39 Å². The van der Waals surface area contributed by atoms with Crippen molar-refractivity contribution < 1.29 is 9.13 Å². The Morgan fingerprint density at radius 3 is 3.27 bits per heavy atom. The maximum Gasteiger partial charge on any atom is 0.206 e. The van der Waals surface area contributed by atoms with Crippen molar-refractivity contribution >= 4 is 0 Å². The van der Waals surface area contributed by atoms with Crippen LogP contribution < -0.4 is 5.32 Å². The van der Waals surface area contributed by atoms with E-state index >= 15 is 0 Å².